The molecule has 0 aliphatic rings. The molecule has 0 spiro atoms. The molecular formula is C26H42O4. The first-order valence-corrected chi connectivity index (χ1v) is 12.0. The molecule has 0 aliphatic heterocycles. The number of benzene rings is 1. The maximum atomic E-state index is 12.6. The van der Waals surface area contributed by atoms with Crippen LogP contribution in [-0.2, 0) is 9.59 Å². The summed E-state index contributed by atoms with van der Waals surface area (Å²) in [5.41, 5.74) is 0.898. The van der Waals surface area contributed by atoms with Crippen LogP contribution in [0.5, 0.6) is 11.5 Å². The first kappa shape index (κ1) is 26.2. The lowest BCUT2D eigenvalue weighted by Crippen LogP contribution is -2.20. The lowest BCUT2D eigenvalue weighted by atomic mass is 9.98. The molecule has 0 amide bonds. The highest BCUT2D eigenvalue weighted by molar-refractivity contribution is 5.76. The van der Waals surface area contributed by atoms with E-state index >= 15 is 0 Å². The average molecular weight is 419 g/mol. The van der Waals surface area contributed by atoms with E-state index in [2.05, 4.69) is 13.8 Å². The summed E-state index contributed by atoms with van der Waals surface area (Å²) in [6.07, 6.45) is 11.6. The van der Waals surface area contributed by atoms with Crippen LogP contribution in [0.25, 0.3) is 0 Å². The molecule has 4 heteroatoms. The van der Waals surface area contributed by atoms with Gasteiger partial charge < -0.3 is 9.47 Å². The Morgan fingerprint density at radius 1 is 0.767 bits per heavy atom. The number of carbonyl (C=O) groups excluding carboxylic acids is 2. The Hall–Kier alpha value is -1.84. The molecule has 0 heterocycles. The summed E-state index contributed by atoms with van der Waals surface area (Å²) in [5, 5.41) is 0. The van der Waals surface area contributed by atoms with E-state index < -0.39 is 0 Å². The van der Waals surface area contributed by atoms with Crippen molar-refractivity contribution in [2.45, 2.75) is 105 Å². The molecule has 1 aromatic rings. The first-order valence-electron chi connectivity index (χ1n) is 12.0. The van der Waals surface area contributed by atoms with Crippen molar-refractivity contribution >= 4 is 11.9 Å². The van der Waals surface area contributed by atoms with Crippen molar-refractivity contribution in [3.8, 4) is 11.5 Å². The van der Waals surface area contributed by atoms with Gasteiger partial charge in [-0.05, 0) is 43.9 Å². The molecule has 0 aromatic heterocycles. The summed E-state index contributed by atoms with van der Waals surface area (Å²) in [6, 6.07) is 5.27. The lowest BCUT2D eigenvalue weighted by Gasteiger charge is -2.15. The van der Waals surface area contributed by atoms with Crippen molar-refractivity contribution in [2.75, 3.05) is 0 Å². The van der Waals surface area contributed by atoms with Gasteiger partial charge in [0, 0.05) is 6.07 Å². The van der Waals surface area contributed by atoms with Crippen LogP contribution in [0.1, 0.15) is 104 Å². The Kier molecular flexibility index (Phi) is 13.1. The summed E-state index contributed by atoms with van der Waals surface area (Å²) in [6.45, 7) is 10.2. The van der Waals surface area contributed by atoms with E-state index in [4.69, 9.17) is 9.47 Å². The molecule has 0 fully saturated rings. The van der Waals surface area contributed by atoms with Gasteiger partial charge in [0.15, 0.2) is 0 Å². The highest BCUT2D eigenvalue weighted by Crippen LogP contribution is 2.26. The number of aryl methyl sites for hydroxylation is 1. The largest absolute Gasteiger partial charge is 0.426 e. The zero-order valence-corrected chi connectivity index (χ0v) is 19.8. The number of carbonyl (C=O) groups is 2. The van der Waals surface area contributed by atoms with Crippen LogP contribution >= 0.6 is 0 Å². The average Bonchev–Trinajstić information content (AvgIpc) is 2.70. The molecule has 1 aromatic carbocycles. The molecule has 1 rings (SSSR count). The standard InChI is InChI=1S/C26H42O4/c1-6-9-11-13-15-21(5)25(27)29-23-17-20(4)18-24(19-23)30-26(28)22(8-3)16-14-12-10-7-2/h17-19,21-22H,6-16H2,1-5H3. The smallest absolute Gasteiger partial charge is 0.314 e. The van der Waals surface area contributed by atoms with Gasteiger partial charge >= 0.3 is 11.9 Å². The molecule has 0 saturated carbocycles. The second kappa shape index (κ2) is 15.0. The van der Waals surface area contributed by atoms with E-state index in [1.807, 2.05) is 26.8 Å². The number of hydrogen-bond acceptors (Lipinski definition) is 4. The molecule has 4 nitrogen and oxygen atoms in total. The van der Waals surface area contributed by atoms with E-state index in [9.17, 15) is 9.59 Å². The van der Waals surface area contributed by atoms with Crippen molar-refractivity contribution in [2.24, 2.45) is 11.8 Å². The predicted molar refractivity (Wildman–Crippen MR) is 123 cm³/mol. The normalized spacial score (nSPS) is 13.0. The summed E-state index contributed by atoms with van der Waals surface area (Å²) in [5.74, 6) is 0.250. The monoisotopic (exact) mass is 418 g/mol. The molecule has 0 saturated heterocycles. The van der Waals surface area contributed by atoms with Gasteiger partial charge in [0.25, 0.3) is 0 Å². The van der Waals surface area contributed by atoms with Gasteiger partial charge in [-0.25, -0.2) is 0 Å². The van der Waals surface area contributed by atoms with Gasteiger partial charge in [0.2, 0.25) is 0 Å². The zero-order chi connectivity index (χ0) is 22.4. The molecule has 30 heavy (non-hydrogen) atoms. The van der Waals surface area contributed by atoms with Crippen molar-refractivity contribution in [3.63, 3.8) is 0 Å². The second-order valence-corrected chi connectivity index (χ2v) is 8.53. The van der Waals surface area contributed by atoms with E-state index in [0.29, 0.717) is 11.5 Å². The summed E-state index contributed by atoms with van der Waals surface area (Å²) >= 11 is 0. The fourth-order valence-corrected chi connectivity index (χ4v) is 3.55. The highest BCUT2D eigenvalue weighted by Gasteiger charge is 2.20. The van der Waals surface area contributed by atoms with Crippen LogP contribution in [0.15, 0.2) is 18.2 Å². The molecule has 0 aliphatic carbocycles. The van der Waals surface area contributed by atoms with Gasteiger partial charge in [0.1, 0.15) is 11.5 Å². The number of rotatable bonds is 15. The second-order valence-electron chi connectivity index (χ2n) is 8.53. The third-order valence-electron chi connectivity index (χ3n) is 5.59. The van der Waals surface area contributed by atoms with Crippen molar-refractivity contribution in [1.29, 1.82) is 0 Å². The Morgan fingerprint density at radius 3 is 1.83 bits per heavy atom. The molecule has 2 atom stereocenters. The summed E-state index contributed by atoms with van der Waals surface area (Å²) < 4.78 is 11.2. The van der Waals surface area contributed by atoms with Crippen LogP contribution in [0.4, 0.5) is 0 Å². The molecular weight excluding hydrogens is 376 g/mol. The Balaban J connectivity index is 2.64. The van der Waals surface area contributed by atoms with Gasteiger partial charge in [0.05, 0.1) is 11.8 Å². The third kappa shape index (κ3) is 10.3. The Labute approximate surface area is 183 Å². The van der Waals surface area contributed by atoms with Gasteiger partial charge in [-0.3, -0.25) is 9.59 Å². The summed E-state index contributed by atoms with van der Waals surface area (Å²) in [4.78, 5) is 25.0. The SMILES string of the molecule is CCCCCCC(C)C(=O)Oc1cc(C)cc(OC(=O)C(CC)CCCCCC)c1. The Morgan fingerprint density at radius 2 is 1.30 bits per heavy atom. The molecule has 2 unspecified atom stereocenters. The number of hydrogen-bond donors (Lipinski definition) is 0. The predicted octanol–water partition coefficient (Wildman–Crippen LogP) is 7.41. The summed E-state index contributed by atoms with van der Waals surface area (Å²) in [7, 11) is 0. The van der Waals surface area contributed by atoms with Crippen LogP contribution in [0, 0.1) is 18.8 Å². The van der Waals surface area contributed by atoms with Crippen molar-refractivity contribution in [1.82, 2.24) is 0 Å². The third-order valence-corrected chi connectivity index (χ3v) is 5.59. The number of ether oxygens (including phenoxy) is 2. The molecule has 170 valence electrons. The Bertz CT molecular complexity index is 638. The quantitative estimate of drug-likeness (QED) is 0.169. The number of esters is 2. The van der Waals surface area contributed by atoms with Crippen LogP contribution in [0.2, 0.25) is 0 Å². The van der Waals surface area contributed by atoms with Gasteiger partial charge in [-0.15, -0.1) is 0 Å². The molecule has 0 bridgehead atoms. The van der Waals surface area contributed by atoms with E-state index in [-0.39, 0.29) is 23.8 Å². The lowest BCUT2D eigenvalue weighted by molar-refractivity contribution is -0.139. The maximum absolute atomic E-state index is 12.6. The van der Waals surface area contributed by atoms with Crippen LogP contribution < -0.4 is 9.47 Å². The van der Waals surface area contributed by atoms with E-state index in [1.165, 1.54) is 25.7 Å². The van der Waals surface area contributed by atoms with Crippen molar-refractivity contribution < 1.29 is 19.1 Å². The topological polar surface area (TPSA) is 52.6 Å². The first-order chi connectivity index (χ1) is 14.4. The van der Waals surface area contributed by atoms with Crippen LogP contribution in [0.3, 0.4) is 0 Å². The van der Waals surface area contributed by atoms with Gasteiger partial charge in [-0.2, -0.15) is 0 Å². The fourth-order valence-electron chi connectivity index (χ4n) is 3.55. The van der Waals surface area contributed by atoms with Crippen LogP contribution in [-0.4, -0.2) is 11.9 Å². The van der Waals surface area contributed by atoms with Gasteiger partial charge in [-0.1, -0.05) is 79.1 Å². The fraction of sp³-hybridized carbons (Fsp3) is 0.692. The highest BCUT2D eigenvalue weighted by atomic mass is 16.5. The van der Waals surface area contributed by atoms with E-state index in [1.54, 1.807) is 12.1 Å². The minimum absolute atomic E-state index is 0.0866. The van der Waals surface area contributed by atoms with E-state index in [0.717, 1.165) is 50.5 Å². The molecule has 0 radical (unpaired) electrons. The maximum Gasteiger partial charge on any atom is 0.314 e. The van der Waals surface area contributed by atoms with Crippen molar-refractivity contribution in [3.05, 3.63) is 23.8 Å². The zero-order valence-electron chi connectivity index (χ0n) is 19.8. The molecule has 0 N–H and O–H groups in total. The minimum atomic E-state index is -0.225. The minimum Gasteiger partial charge on any atom is -0.426 e. The number of unbranched alkanes of at least 4 members (excludes halogenated alkanes) is 6.